The SMILES string of the molecule is C=CC(=O)OCCCCCCCCCCCC.C=CC1C=COC(O)C1=O. The quantitative estimate of drug-likeness (QED) is 0.214. The largest absolute Gasteiger partial charge is 0.465 e. The van der Waals surface area contributed by atoms with Gasteiger partial charge in [-0.2, -0.15) is 0 Å². The maximum Gasteiger partial charge on any atom is 0.330 e. The third-order valence-corrected chi connectivity index (χ3v) is 4.23. The van der Waals surface area contributed by atoms with Crippen molar-refractivity contribution in [2.24, 2.45) is 5.92 Å². The van der Waals surface area contributed by atoms with E-state index in [1.54, 1.807) is 6.08 Å². The molecular formula is C22H36O5. The highest BCUT2D eigenvalue weighted by Gasteiger charge is 2.24. The van der Waals surface area contributed by atoms with Gasteiger partial charge in [-0.25, -0.2) is 4.79 Å². The summed E-state index contributed by atoms with van der Waals surface area (Å²) in [5, 5.41) is 8.81. The van der Waals surface area contributed by atoms with Gasteiger partial charge in [0.25, 0.3) is 6.29 Å². The van der Waals surface area contributed by atoms with Crippen LogP contribution in [0, 0.1) is 5.92 Å². The second kappa shape index (κ2) is 17.5. The van der Waals surface area contributed by atoms with Gasteiger partial charge in [0.2, 0.25) is 5.78 Å². The summed E-state index contributed by atoms with van der Waals surface area (Å²) in [7, 11) is 0. The van der Waals surface area contributed by atoms with Crippen LogP contribution < -0.4 is 0 Å². The van der Waals surface area contributed by atoms with E-state index >= 15 is 0 Å². The van der Waals surface area contributed by atoms with Gasteiger partial charge in [-0.05, 0) is 12.5 Å². The van der Waals surface area contributed by atoms with E-state index in [2.05, 4.69) is 24.8 Å². The summed E-state index contributed by atoms with van der Waals surface area (Å²) in [5.74, 6) is -1.07. The lowest BCUT2D eigenvalue weighted by atomic mass is 10.0. The molecule has 0 aromatic rings. The molecule has 1 N–H and O–H groups in total. The first kappa shape index (κ1) is 25.1. The Bertz CT molecular complexity index is 456. The van der Waals surface area contributed by atoms with Gasteiger partial charge in [-0.15, -0.1) is 6.58 Å². The molecule has 0 bridgehead atoms. The van der Waals surface area contributed by atoms with Gasteiger partial charge >= 0.3 is 5.97 Å². The minimum absolute atomic E-state index is 0.305. The highest BCUT2D eigenvalue weighted by Crippen LogP contribution is 2.12. The lowest BCUT2D eigenvalue weighted by molar-refractivity contribution is -0.150. The van der Waals surface area contributed by atoms with Gasteiger partial charge in [0.1, 0.15) is 0 Å². The van der Waals surface area contributed by atoms with Crippen molar-refractivity contribution in [3.05, 3.63) is 37.6 Å². The number of carbonyl (C=O) groups is 2. The predicted molar refractivity (Wildman–Crippen MR) is 108 cm³/mol. The lowest BCUT2D eigenvalue weighted by Gasteiger charge is -2.16. The first-order chi connectivity index (χ1) is 13.1. The number of ether oxygens (including phenoxy) is 2. The number of rotatable bonds is 13. The predicted octanol–water partition coefficient (Wildman–Crippen LogP) is 4.86. The highest BCUT2D eigenvalue weighted by molar-refractivity contribution is 5.87. The van der Waals surface area contributed by atoms with Crippen LogP contribution >= 0.6 is 0 Å². The topological polar surface area (TPSA) is 72.8 Å². The molecule has 0 fully saturated rings. The van der Waals surface area contributed by atoms with Crippen LogP contribution in [-0.2, 0) is 19.1 Å². The number of Topliss-reactive ketones (excluding diaryl/α,β-unsaturated/α-hetero) is 1. The summed E-state index contributed by atoms with van der Waals surface area (Å²) in [6, 6.07) is 0. The normalized spacial score (nSPS) is 18.1. The Hall–Kier alpha value is -1.88. The molecule has 0 spiro atoms. The van der Waals surface area contributed by atoms with Crippen molar-refractivity contribution < 1.29 is 24.2 Å². The molecule has 154 valence electrons. The van der Waals surface area contributed by atoms with Crippen molar-refractivity contribution in [1.82, 2.24) is 0 Å². The average molecular weight is 381 g/mol. The summed E-state index contributed by atoms with van der Waals surface area (Å²) < 4.78 is 9.41. The van der Waals surface area contributed by atoms with Crippen molar-refractivity contribution in [1.29, 1.82) is 0 Å². The molecule has 0 aromatic carbocycles. The van der Waals surface area contributed by atoms with E-state index in [1.165, 1.54) is 76.2 Å². The van der Waals surface area contributed by atoms with E-state index in [1.807, 2.05) is 0 Å². The molecule has 0 saturated carbocycles. The van der Waals surface area contributed by atoms with Crippen LogP contribution in [0.5, 0.6) is 0 Å². The maximum absolute atomic E-state index is 10.9. The van der Waals surface area contributed by atoms with Crippen molar-refractivity contribution in [3.8, 4) is 0 Å². The maximum atomic E-state index is 10.9. The molecule has 27 heavy (non-hydrogen) atoms. The molecule has 0 aromatic heterocycles. The molecule has 2 atom stereocenters. The van der Waals surface area contributed by atoms with Gasteiger partial charge in [0, 0.05) is 6.08 Å². The number of aliphatic hydroxyl groups is 1. The van der Waals surface area contributed by atoms with Crippen molar-refractivity contribution in [2.75, 3.05) is 6.61 Å². The van der Waals surface area contributed by atoms with Gasteiger partial charge < -0.3 is 14.6 Å². The first-order valence-corrected chi connectivity index (χ1v) is 10.0. The van der Waals surface area contributed by atoms with Crippen molar-refractivity contribution in [3.63, 3.8) is 0 Å². The average Bonchev–Trinajstić information content (AvgIpc) is 2.68. The molecule has 5 heteroatoms. The van der Waals surface area contributed by atoms with E-state index in [4.69, 9.17) is 9.84 Å². The standard InChI is InChI=1S/C15H28O2.C7H8O3/c1-3-5-6-7-8-9-10-11-12-13-14-17-15(16)4-2;1-2-5-3-4-10-7(9)6(5)8/h4H,2-3,5-14H2,1H3;2-5,7,9H,1H2. The number of esters is 1. The third-order valence-electron chi connectivity index (χ3n) is 4.23. The zero-order chi connectivity index (χ0) is 20.3. The molecule has 0 amide bonds. The molecule has 0 radical (unpaired) electrons. The number of allylic oxidation sites excluding steroid dienone is 2. The number of carbonyl (C=O) groups excluding carboxylic acids is 2. The fraction of sp³-hybridized carbons (Fsp3) is 0.636. The first-order valence-electron chi connectivity index (χ1n) is 10.0. The number of hydrogen-bond acceptors (Lipinski definition) is 5. The van der Waals surface area contributed by atoms with Gasteiger partial charge in [-0.3, -0.25) is 4.79 Å². The van der Waals surface area contributed by atoms with E-state index in [0.29, 0.717) is 6.61 Å². The molecule has 2 unspecified atom stereocenters. The minimum atomic E-state index is -1.31. The van der Waals surface area contributed by atoms with Crippen molar-refractivity contribution >= 4 is 11.8 Å². The van der Waals surface area contributed by atoms with E-state index in [0.717, 1.165) is 6.42 Å². The molecule has 1 aliphatic rings. The lowest BCUT2D eigenvalue weighted by Crippen LogP contribution is -2.30. The highest BCUT2D eigenvalue weighted by atomic mass is 16.6. The molecule has 0 aliphatic carbocycles. The summed E-state index contributed by atoms with van der Waals surface area (Å²) in [6.45, 7) is 9.58. The summed E-state index contributed by atoms with van der Waals surface area (Å²) in [6.07, 6.45) is 17.2. The van der Waals surface area contributed by atoms with Gasteiger partial charge in [-0.1, -0.05) is 77.4 Å². The van der Waals surface area contributed by atoms with Crippen LogP contribution in [0.1, 0.15) is 71.1 Å². The van der Waals surface area contributed by atoms with Crippen molar-refractivity contribution in [2.45, 2.75) is 77.4 Å². The molecule has 5 nitrogen and oxygen atoms in total. The number of aliphatic hydroxyl groups excluding tert-OH is 1. The number of unbranched alkanes of at least 4 members (excludes halogenated alkanes) is 9. The zero-order valence-electron chi connectivity index (χ0n) is 16.7. The fourth-order valence-corrected chi connectivity index (χ4v) is 2.55. The Morgan fingerprint density at radius 1 is 1.11 bits per heavy atom. The Balaban J connectivity index is 0.000000569. The number of ketones is 1. The smallest absolute Gasteiger partial charge is 0.330 e. The summed E-state index contributed by atoms with van der Waals surface area (Å²) >= 11 is 0. The minimum Gasteiger partial charge on any atom is -0.465 e. The monoisotopic (exact) mass is 380 g/mol. The molecule has 0 saturated heterocycles. The van der Waals surface area contributed by atoms with E-state index in [9.17, 15) is 9.59 Å². The van der Waals surface area contributed by atoms with Crippen LogP contribution in [0.2, 0.25) is 0 Å². The Morgan fingerprint density at radius 2 is 1.67 bits per heavy atom. The van der Waals surface area contributed by atoms with Crippen LogP contribution in [0.25, 0.3) is 0 Å². The number of hydrogen-bond donors (Lipinski definition) is 1. The molecular weight excluding hydrogens is 344 g/mol. The molecule has 1 rings (SSSR count). The second-order valence-electron chi connectivity index (χ2n) is 6.53. The molecule has 1 aliphatic heterocycles. The summed E-state index contributed by atoms with van der Waals surface area (Å²) in [5.41, 5.74) is 0. The van der Waals surface area contributed by atoms with E-state index < -0.39 is 12.2 Å². The fourth-order valence-electron chi connectivity index (χ4n) is 2.55. The van der Waals surface area contributed by atoms with Crippen LogP contribution in [-0.4, -0.2) is 29.8 Å². The van der Waals surface area contributed by atoms with Gasteiger partial charge in [0.05, 0.1) is 18.8 Å². The molecule has 1 heterocycles. The van der Waals surface area contributed by atoms with Crippen LogP contribution in [0.15, 0.2) is 37.6 Å². The Morgan fingerprint density at radius 3 is 2.15 bits per heavy atom. The van der Waals surface area contributed by atoms with E-state index in [-0.39, 0.29) is 11.8 Å². The van der Waals surface area contributed by atoms with Gasteiger partial charge in [0.15, 0.2) is 0 Å². The van der Waals surface area contributed by atoms with Crippen LogP contribution in [0.3, 0.4) is 0 Å². The third kappa shape index (κ3) is 13.9. The second-order valence-corrected chi connectivity index (χ2v) is 6.53. The van der Waals surface area contributed by atoms with Crippen LogP contribution in [0.4, 0.5) is 0 Å². The zero-order valence-corrected chi connectivity index (χ0v) is 16.7. The summed E-state index contributed by atoms with van der Waals surface area (Å²) in [4.78, 5) is 21.6. The Labute approximate surface area is 164 Å². The Kier molecular flexibility index (Phi) is 16.3.